The van der Waals surface area contributed by atoms with Crippen LogP contribution in [0.15, 0.2) is 16.9 Å². The number of aromatic nitrogens is 2. The zero-order valence-electron chi connectivity index (χ0n) is 15.9. The number of methoxy groups -OCH3 is 1. The van der Waals surface area contributed by atoms with Crippen molar-refractivity contribution in [2.24, 2.45) is 0 Å². The molecule has 0 atom stereocenters. The number of aryl methyl sites for hydroxylation is 2. The summed E-state index contributed by atoms with van der Waals surface area (Å²) in [5, 5.41) is 10.8. The van der Waals surface area contributed by atoms with E-state index in [2.05, 4.69) is 0 Å². The summed E-state index contributed by atoms with van der Waals surface area (Å²) >= 11 is 0. The van der Waals surface area contributed by atoms with Crippen molar-refractivity contribution in [3.8, 4) is 11.4 Å². The van der Waals surface area contributed by atoms with Crippen molar-refractivity contribution in [1.29, 1.82) is 0 Å². The molecule has 1 N–H and O–H groups in total. The quantitative estimate of drug-likeness (QED) is 0.593. The molecule has 5 nitrogen and oxygen atoms in total. The summed E-state index contributed by atoms with van der Waals surface area (Å²) in [5.74, 6) is -0.228. The van der Waals surface area contributed by atoms with Crippen LogP contribution in [0.3, 0.4) is 0 Å². The minimum Gasteiger partial charge on any atom is -0.391 e. The Kier molecular flexibility index (Phi) is 3.89. The van der Waals surface area contributed by atoms with E-state index in [0.29, 0.717) is 28.8 Å². The third-order valence-corrected chi connectivity index (χ3v) is 6.18. The summed E-state index contributed by atoms with van der Waals surface area (Å²) in [6.45, 7) is 2.19. The first-order valence-electron chi connectivity index (χ1n) is 9.54. The Morgan fingerprint density at radius 1 is 1.25 bits per heavy atom. The molecule has 0 spiro atoms. The van der Waals surface area contributed by atoms with Gasteiger partial charge in [0.05, 0.1) is 36.7 Å². The van der Waals surface area contributed by atoms with Crippen molar-refractivity contribution in [3.05, 3.63) is 61.7 Å². The topological polar surface area (TPSA) is 64.3 Å². The Morgan fingerprint density at radius 2 is 2.04 bits per heavy atom. The second kappa shape index (κ2) is 6.22. The molecule has 0 bridgehead atoms. The molecule has 2 aliphatic rings. The predicted octanol–water partition coefficient (Wildman–Crippen LogP) is 3.00. The summed E-state index contributed by atoms with van der Waals surface area (Å²) in [5.41, 5.74) is 6.93. The molecule has 0 radical (unpaired) electrons. The molecule has 28 heavy (non-hydrogen) atoms. The molecule has 0 unspecified atom stereocenters. The van der Waals surface area contributed by atoms with Gasteiger partial charge in [-0.2, -0.15) is 0 Å². The largest absolute Gasteiger partial charge is 0.391 e. The van der Waals surface area contributed by atoms with Gasteiger partial charge in [-0.3, -0.25) is 4.79 Å². The lowest BCUT2D eigenvalue weighted by Gasteiger charge is -2.21. The van der Waals surface area contributed by atoms with Gasteiger partial charge in [0.2, 0.25) is 0 Å². The fourth-order valence-electron chi connectivity index (χ4n) is 4.81. The lowest BCUT2D eigenvalue weighted by Crippen LogP contribution is -2.25. The lowest BCUT2D eigenvalue weighted by molar-refractivity contribution is 0.181. The van der Waals surface area contributed by atoms with Crippen LogP contribution in [-0.2, 0) is 37.3 Å². The normalized spacial score (nSPS) is 14.4. The van der Waals surface area contributed by atoms with Crippen molar-refractivity contribution < 1.29 is 14.2 Å². The summed E-state index contributed by atoms with van der Waals surface area (Å²) in [6.07, 6.45) is 2.72. The fraction of sp³-hybridized carbons (Fsp3) is 0.364. The molecule has 0 fully saturated rings. The molecule has 0 saturated carbocycles. The summed E-state index contributed by atoms with van der Waals surface area (Å²) in [4.78, 5) is 17.8. The average Bonchev–Trinajstić information content (AvgIpc) is 3.06. The Morgan fingerprint density at radius 3 is 2.79 bits per heavy atom. The van der Waals surface area contributed by atoms with Gasteiger partial charge in [-0.15, -0.1) is 0 Å². The van der Waals surface area contributed by atoms with Gasteiger partial charge >= 0.3 is 0 Å². The maximum atomic E-state index is 14.5. The molecule has 2 aromatic heterocycles. The molecule has 1 aliphatic carbocycles. The zero-order valence-corrected chi connectivity index (χ0v) is 15.9. The molecule has 3 aromatic rings. The number of aliphatic hydroxyl groups is 1. The number of fused-ring (bicyclic) bond motifs is 4. The molecular weight excluding hydrogens is 359 g/mol. The number of hydrogen-bond donors (Lipinski definition) is 1. The third kappa shape index (κ3) is 2.25. The van der Waals surface area contributed by atoms with Crippen molar-refractivity contribution in [1.82, 2.24) is 9.55 Å². The zero-order chi connectivity index (χ0) is 19.6. The maximum Gasteiger partial charge on any atom is 0.257 e. The van der Waals surface area contributed by atoms with Crippen LogP contribution in [0.2, 0.25) is 0 Å². The van der Waals surface area contributed by atoms with E-state index in [9.17, 15) is 14.3 Å². The number of benzene rings is 1. The Hall–Kier alpha value is -2.57. The second-order valence-corrected chi connectivity index (χ2v) is 7.64. The number of halogens is 1. The first kappa shape index (κ1) is 17.5. The van der Waals surface area contributed by atoms with Gasteiger partial charge in [0.1, 0.15) is 5.82 Å². The van der Waals surface area contributed by atoms with E-state index >= 15 is 0 Å². The van der Waals surface area contributed by atoms with E-state index in [1.165, 1.54) is 11.6 Å². The summed E-state index contributed by atoms with van der Waals surface area (Å²) in [6, 6.07) is 3.39. The minimum absolute atomic E-state index is 0.209. The van der Waals surface area contributed by atoms with Crippen LogP contribution in [0.4, 0.5) is 4.39 Å². The Labute approximate surface area is 161 Å². The highest BCUT2D eigenvalue weighted by Gasteiger charge is 2.30. The standard InChI is InChI=1S/C22H21FN2O3/c1-11-13-4-3-5-14-15-8-25-19(6-12(10-28-2)16(9-26)22(25)27)21(15)24-18(20(13)14)7-17(11)23/h6-7,26H,3-5,8-10H2,1-2H3. The van der Waals surface area contributed by atoms with E-state index in [-0.39, 0.29) is 24.6 Å². The summed E-state index contributed by atoms with van der Waals surface area (Å²) in [7, 11) is 1.56. The van der Waals surface area contributed by atoms with Gasteiger partial charge in [-0.05, 0) is 54.5 Å². The fourth-order valence-corrected chi connectivity index (χ4v) is 4.81. The van der Waals surface area contributed by atoms with Gasteiger partial charge in [-0.1, -0.05) is 0 Å². The second-order valence-electron chi connectivity index (χ2n) is 7.64. The molecule has 1 aliphatic heterocycles. The Bertz CT molecular complexity index is 1210. The number of aliphatic hydroxyl groups excluding tert-OH is 1. The highest BCUT2D eigenvalue weighted by Crippen LogP contribution is 2.41. The van der Waals surface area contributed by atoms with E-state index in [1.54, 1.807) is 11.7 Å². The molecule has 0 amide bonds. The van der Waals surface area contributed by atoms with Crippen LogP contribution in [0, 0.1) is 12.7 Å². The van der Waals surface area contributed by atoms with Crippen LogP contribution in [-0.4, -0.2) is 21.8 Å². The summed E-state index contributed by atoms with van der Waals surface area (Å²) < 4.78 is 21.4. The number of pyridine rings is 2. The minimum atomic E-state index is -0.328. The van der Waals surface area contributed by atoms with Crippen LogP contribution in [0.5, 0.6) is 0 Å². The van der Waals surface area contributed by atoms with Crippen molar-refractivity contribution in [2.45, 2.75) is 45.9 Å². The highest BCUT2D eigenvalue weighted by molar-refractivity contribution is 5.92. The van der Waals surface area contributed by atoms with E-state index in [0.717, 1.165) is 47.2 Å². The number of nitrogens with zero attached hydrogens (tertiary/aromatic N) is 2. The monoisotopic (exact) mass is 380 g/mol. The van der Waals surface area contributed by atoms with Crippen molar-refractivity contribution >= 4 is 10.9 Å². The maximum absolute atomic E-state index is 14.5. The van der Waals surface area contributed by atoms with Crippen molar-refractivity contribution in [2.75, 3.05) is 7.11 Å². The van der Waals surface area contributed by atoms with Crippen LogP contribution in [0.25, 0.3) is 22.3 Å². The molecule has 5 rings (SSSR count). The Balaban J connectivity index is 1.85. The molecule has 1 aromatic carbocycles. The number of ether oxygens (including phenoxy) is 1. The van der Waals surface area contributed by atoms with E-state index < -0.39 is 0 Å². The van der Waals surface area contributed by atoms with E-state index in [1.807, 2.05) is 13.0 Å². The van der Waals surface area contributed by atoms with Gasteiger partial charge in [0.15, 0.2) is 0 Å². The van der Waals surface area contributed by atoms with Gasteiger partial charge in [-0.25, -0.2) is 9.37 Å². The van der Waals surface area contributed by atoms with Crippen LogP contribution >= 0.6 is 0 Å². The van der Waals surface area contributed by atoms with Crippen molar-refractivity contribution in [3.63, 3.8) is 0 Å². The van der Waals surface area contributed by atoms with Crippen LogP contribution < -0.4 is 5.56 Å². The molecule has 3 heterocycles. The van der Waals surface area contributed by atoms with E-state index in [4.69, 9.17) is 9.72 Å². The number of rotatable bonds is 3. The highest BCUT2D eigenvalue weighted by atomic mass is 19.1. The molecule has 144 valence electrons. The van der Waals surface area contributed by atoms with Gasteiger partial charge in [0.25, 0.3) is 5.56 Å². The van der Waals surface area contributed by atoms with Gasteiger partial charge in [0, 0.05) is 29.7 Å². The smallest absolute Gasteiger partial charge is 0.257 e. The molecule has 6 heteroatoms. The predicted molar refractivity (Wildman–Crippen MR) is 104 cm³/mol. The van der Waals surface area contributed by atoms with Gasteiger partial charge < -0.3 is 14.4 Å². The number of hydrogen-bond acceptors (Lipinski definition) is 4. The SMILES string of the molecule is COCc1cc2n(c(=O)c1CO)Cc1c-2nc2cc(F)c(C)c3c2c1CCC3. The third-order valence-electron chi connectivity index (χ3n) is 6.18. The first-order valence-corrected chi connectivity index (χ1v) is 9.54. The average molecular weight is 380 g/mol. The van der Waals surface area contributed by atoms with Crippen LogP contribution in [0.1, 0.15) is 39.8 Å². The molecule has 0 saturated heterocycles. The first-order chi connectivity index (χ1) is 13.5. The molecular formula is C22H21FN2O3. The lowest BCUT2D eigenvalue weighted by atomic mass is 9.85.